The predicted octanol–water partition coefficient (Wildman–Crippen LogP) is 2.07. The molecule has 0 aliphatic heterocycles. The minimum atomic E-state index is -0.959. The van der Waals surface area contributed by atoms with Crippen molar-refractivity contribution in [3.63, 3.8) is 0 Å². The van der Waals surface area contributed by atoms with Crippen molar-refractivity contribution in [2.45, 2.75) is 6.10 Å². The fourth-order valence-corrected chi connectivity index (χ4v) is 2.45. The molecule has 2 aromatic carbocycles. The molecule has 0 bridgehead atoms. The van der Waals surface area contributed by atoms with Gasteiger partial charge in [0, 0.05) is 31.4 Å². The van der Waals surface area contributed by atoms with Crippen LogP contribution in [0.2, 0.25) is 5.02 Å². The van der Waals surface area contributed by atoms with Crippen LogP contribution in [0.4, 0.5) is 11.4 Å². The van der Waals surface area contributed by atoms with Crippen LogP contribution in [0.1, 0.15) is 17.2 Å². The van der Waals surface area contributed by atoms with Crippen molar-refractivity contribution < 1.29 is 14.7 Å². The van der Waals surface area contributed by atoms with Gasteiger partial charge in [-0.05, 0) is 35.9 Å². The smallest absolute Gasteiger partial charge is 0.313 e. The Labute approximate surface area is 162 Å². The summed E-state index contributed by atoms with van der Waals surface area (Å²) in [5.41, 5.74) is 1.92. The topological polar surface area (TPSA) is 105 Å². The maximum atomic E-state index is 12.0. The Morgan fingerprint density at radius 2 is 1.85 bits per heavy atom. The fraction of sp³-hybridized carbons (Fsp3) is 0.211. The molecule has 0 radical (unpaired) electrons. The van der Waals surface area contributed by atoms with Crippen molar-refractivity contribution in [2.24, 2.45) is 0 Å². The molecule has 0 aliphatic carbocycles. The highest BCUT2D eigenvalue weighted by Crippen LogP contribution is 2.20. The molecule has 0 fully saturated rings. The summed E-state index contributed by atoms with van der Waals surface area (Å²) in [4.78, 5) is 25.9. The number of rotatable bonds is 5. The van der Waals surface area contributed by atoms with E-state index < -0.39 is 17.9 Å². The van der Waals surface area contributed by atoms with Gasteiger partial charge >= 0.3 is 11.8 Å². The number of aliphatic hydroxyl groups is 1. The third kappa shape index (κ3) is 5.45. The first-order chi connectivity index (χ1) is 12.8. The van der Waals surface area contributed by atoms with Crippen LogP contribution >= 0.6 is 11.6 Å². The Balaban J connectivity index is 1.94. The van der Waals surface area contributed by atoms with E-state index in [4.69, 9.17) is 16.9 Å². The molecule has 7 nitrogen and oxygen atoms in total. The van der Waals surface area contributed by atoms with Crippen molar-refractivity contribution in [1.82, 2.24) is 5.32 Å². The minimum Gasteiger partial charge on any atom is -0.387 e. The van der Waals surface area contributed by atoms with E-state index in [0.29, 0.717) is 10.6 Å². The molecule has 1 atom stereocenters. The number of anilines is 2. The molecule has 140 valence electrons. The van der Waals surface area contributed by atoms with Crippen molar-refractivity contribution in [3.8, 4) is 6.07 Å². The van der Waals surface area contributed by atoms with Gasteiger partial charge in [-0.15, -0.1) is 0 Å². The molecule has 0 saturated carbocycles. The number of hydrogen-bond acceptors (Lipinski definition) is 5. The molecule has 1 unspecified atom stereocenters. The molecule has 8 heteroatoms. The number of hydrogen-bond donors (Lipinski definition) is 3. The maximum absolute atomic E-state index is 12.0. The van der Waals surface area contributed by atoms with Gasteiger partial charge in [-0.25, -0.2) is 0 Å². The van der Waals surface area contributed by atoms with Crippen LogP contribution in [0.15, 0.2) is 42.5 Å². The second kappa shape index (κ2) is 9.03. The molecule has 0 spiro atoms. The monoisotopic (exact) mass is 386 g/mol. The summed E-state index contributed by atoms with van der Waals surface area (Å²) in [7, 11) is 3.81. The Kier molecular flexibility index (Phi) is 6.77. The highest BCUT2D eigenvalue weighted by Gasteiger charge is 2.17. The normalized spacial score (nSPS) is 11.2. The zero-order valence-electron chi connectivity index (χ0n) is 14.9. The third-order valence-corrected chi connectivity index (χ3v) is 4.04. The van der Waals surface area contributed by atoms with Crippen LogP contribution in [0.3, 0.4) is 0 Å². The lowest BCUT2D eigenvalue weighted by atomic mass is 10.1. The molecule has 0 heterocycles. The van der Waals surface area contributed by atoms with Crippen LogP contribution in [-0.4, -0.2) is 37.6 Å². The van der Waals surface area contributed by atoms with Crippen LogP contribution < -0.4 is 15.5 Å². The van der Waals surface area contributed by atoms with Gasteiger partial charge in [-0.2, -0.15) is 5.26 Å². The average Bonchev–Trinajstić information content (AvgIpc) is 2.66. The largest absolute Gasteiger partial charge is 0.387 e. The highest BCUT2D eigenvalue weighted by atomic mass is 35.5. The van der Waals surface area contributed by atoms with Crippen LogP contribution in [-0.2, 0) is 9.59 Å². The zero-order chi connectivity index (χ0) is 20.0. The Morgan fingerprint density at radius 3 is 2.44 bits per heavy atom. The lowest BCUT2D eigenvalue weighted by Gasteiger charge is -2.15. The second-order valence-electron chi connectivity index (χ2n) is 5.97. The standard InChI is InChI=1S/C19H19ClN4O3/c1-24(2)15-7-4-12(5-8-15)17(25)11-22-18(26)19(27)23-16-9-14(20)6-3-13(16)10-21/h3-9,17,25H,11H2,1-2H3,(H,22,26)(H,23,27). The molecule has 2 rings (SSSR count). The van der Waals surface area contributed by atoms with Crippen molar-refractivity contribution in [3.05, 3.63) is 58.6 Å². The first-order valence-corrected chi connectivity index (χ1v) is 8.43. The number of nitriles is 1. The molecular weight excluding hydrogens is 368 g/mol. The van der Waals surface area contributed by atoms with E-state index in [9.17, 15) is 14.7 Å². The van der Waals surface area contributed by atoms with E-state index in [1.165, 1.54) is 18.2 Å². The van der Waals surface area contributed by atoms with E-state index >= 15 is 0 Å². The first kappa shape index (κ1) is 20.2. The quantitative estimate of drug-likeness (QED) is 0.682. The number of nitrogens with zero attached hydrogens (tertiary/aromatic N) is 2. The number of aliphatic hydroxyl groups excluding tert-OH is 1. The van der Waals surface area contributed by atoms with Crippen LogP contribution in [0, 0.1) is 11.3 Å². The van der Waals surface area contributed by atoms with Gasteiger partial charge in [-0.3, -0.25) is 9.59 Å². The second-order valence-corrected chi connectivity index (χ2v) is 6.40. The fourth-order valence-electron chi connectivity index (χ4n) is 2.28. The summed E-state index contributed by atoms with van der Waals surface area (Å²) < 4.78 is 0. The SMILES string of the molecule is CN(C)c1ccc(C(O)CNC(=O)C(=O)Nc2cc(Cl)ccc2C#N)cc1. The van der Waals surface area contributed by atoms with E-state index in [0.717, 1.165) is 5.69 Å². The van der Waals surface area contributed by atoms with E-state index in [-0.39, 0.29) is 17.8 Å². The van der Waals surface area contributed by atoms with E-state index in [2.05, 4.69) is 10.6 Å². The minimum absolute atomic E-state index is 0.131. The summed E-state index contributed by atoms with van der Waals surface area (Å²) in [6, 6.07) is 13.4. The lowest BCUT2D eigenvalue weighted by molar-refractivity contribution is -0.136. The first-order valence-electron chi connectivity index (χ1n) is 8.06. The molecule has 0 aromatic heterocycles. The molecule has 0 aliphatic rings. The third-order valence-electron chi connectivity index (χ3n) is 3.81. The highest BCUT2D eigenvalue weighted by molar-refractivity contribution is 6.40. The number of carbonyl (C=O) groups is 2. The zero-order valence-corrected chi connectivity index (χ0v) is 15.6. The van der Waals surface area contributed by atoms with Gasteiger partial charge in [0.15, 0.2) is 0 Å². The molecule has 3 N–H and O–H groups in total. The van der Waals surface area contributed by atoms with Gasteiger partial charge < -0.3 is 20.6 Å². The Bertz CT molecular complexity index is 876. The van der Waals surface area contributed by atoms with Crippen LogP contribution in [0.25, 0.3) is 0 Å². The number of nitrogens with one attached hydrogen (secondary N) is 2. The summed E-state index contributed by atoms with van der Waals surface area (Å²) in [6.07, 6.45) is -0.959. The Morgan fingerprint density at radius 1 is 1.19 bits per heavy atom. The number of amides is 2. The lowest BCUT2D eigenvalue weighted by Crippen LogP contribution is -2.37. The summed E-state index contributed by atoms with van der Waals surface area (Å²) in [5, 5.41) is 24.2. The number of halogens is 1. The summed E-state index contributed by atoms with van der Waals surface area (Å²) in [6.45, 7) is -0.131. The van der Waals surface area contributed by atoms with Crippen molar-refractivity contribution >= 4 is 34.8 Å². The average molecular weight is 387 g/mol. The molecule has 2 aromatic rings. The summed E-state index contributed by atoms with van der Waals surface area (Å²) >= 11 is 5.84. The maximum Gasteiger partial charge on any atom is 0.313 e. The van der Waals surface area contributed by atoms with Crippen LogP contribution in [0.5, 0.6) is 0 Å². The molecule has 2 amide bonds. The van der Waals surface area contributed by atoms with Gasteiger partial charge in [0.1, 0.15) is 6.07 Å². The predicted molar refractivity (Wildman–Crippen MR) is 104 cm³/mol. The summed E-state index contributed by atoms with van der Waals surface area (Å²) in [5.74, 6) is -1.88. The van der Waals surface area contributed by atoms with E-state index in [1.807, 2.05) is 37.2 Å². The van der Waals surface area contributed by atoms with Gasteiger partial charge in [0.25, 0.3) is 0 Å². The van der Waals surface area contributed by atoms with Gasteiger partial charge in [-0.1, -0.05) is 23.7 Å². The number of benzene rings is 2. The van der Waals surface area contributed by atoms with Gasteiger partial charge in [0.05, 0.1) is 17.4 Å². The molecule has 0 saturated heterocycles. The molecular formula is C19H19ClN4O3. The number of carbonyl (C=O) groups excluding carboxylic acids is 2. The van der Waals surface area contributed by atoms with Crippen molar-refractivity contribution in [2.75, 3.05) is 30.9 Å². The Hall–Kier alpha value is -3.08. The van der Waals surface area contributed by atoms with Crippen molar-refractivity contribution in [1.29, 1.82) is 5.26 Å². The van der Waals surface area contributed by atoms with Gasteiger partial charge in [0.2, 0.25) is 0 Å². The van der Waals surface area contributed by atoms with E-state index in [1.54, 1.807) is 12.1 Å². The molecule has 27 heavy (non-hydrogen) atoms.